The van der Waals surface area contributed by atoms with Crippen LogP contribution >= 0.6 is 22.9 Å². The molecule has 0 unspecified atom stereocenters. The van der Waals surface area contributed by atoms with Gasteiger partial charge in [0.2, 0.25) is 0 Å². The van der Waals surface area contributed by atoms with Gasteiger partial charge in [-0.15, -0.1) is 0 Å². The fraction of sp³-hybridized carbons (Fsp3) is 0.545. The molecule has 1 aromatic rings. The summed E-state index contributed by atoms with van der Waals surface area (Å²) in [6, 6.07) is 0. The van der Waals surface area contributed by atoms with Gasteiger partial charge in [0.05, 0.1) is 4.88 Å². The zero-order valence-electron chi connectivity index (χ0n) is 10.1. The van der Waals surface area contributed by atoms with Crippen molar-refractivity contribution < 1.29 is 0 Å². The van der Waals surface area contributed by atoms with Crippen LogP contribution in [0.1, 0.15) is 18.7 Å². The normalized spacial score (nSPS) is 12.3. The predicted molar refractivity (Wildman–Crippen MR) is 73.3 cm³/mol. The van der Waals surface area contributed by atoms with E-state index in [1.807, 2.05) is 19.0 Å². The van der Waals surface area contributed by atoms with Gasteiger partial charge in [-0.25, -0.2) is 4.98 Å². The Morgan fingerprint density at radius 1 is 1.56 bits per heavy atom. The van der Waals surface area contributed by atoms with Crippen LogP contribution in [0.25, 0.3) is 6.08 Å². The lowest BCUT2D eigenvalue weighted by Crippen LogP contribution is -2.07. The van der Waals surface area contributed by atoms with Gasteiger partial charge in [0.25, 0.3) is 0 Å². The Morgan fingerprint density at radius 2 is 2.19 bits per heavy atom. The van der Waals surface area contributed by atoms with Gasteiger partial charge in [0, 0.05) is 20.6 Å². The van der Waals surface area contributed by atoms with E-state index in [1.54, 1.807) is 11.3 Å². The van der Waals surface area contributed by atoms with Crippen LogP contribution in [0.3, 0.4) is 0 Å². The number of rotatable bonds is 4. The summed E-state index contributed by atoms with van der Waals surface area (Å²) in [6.45, 7) is 4.81. The molecule has 1 heterocycles. The maximum Gasteiger partial charge on any atom is 0.186 e. The molecule has 5 heteroatoms. The lowest BCUT2D eigenvalue weighted by molar-refractivity contribution is 0.753. The molecule has 0 aliphatic heterocycles. The highest BCUT2D eigenvalue weighted by atomic mass is 35.5. The fourth-order valence-electron chi connectivity index (χ4n) is 1.21. The topological polar surface area (TPSA) is 42.2 Å². The number of thiazole rings is 1. The van der Waals surface area contributed by atoms with Crippen LogP contribution < -0.4 is 10.6 Å². The van der Waals surface area contributed by atoms with Gasteiger partial charge in [-0.1, -0.05) is 42.4 Å². The minimum absolute atomic E-state index is 0.436. The summed E-state index contributed by atoms with van der Waals surface area (Å²) < 4.78 is 0. The van der Waals surface area contributed by atoms with Gasteiger partial charge in [-0.2, -0.15) is 0 Å². The van der Waals surface area contributed by atoms with Gasteiger partial charge >= 0.3 is 0 Å². The summed E-state index contributed by atoms with van der Waals surface area (Å²) >= 11 is 7.66. The molecule has 1 aromatic heterocycles. The van der Waals surface area contributed by atoms with Gasteiger partial charge in [-0.3, -0.25) is 0 Å². The van der Waals surface area contributed by atoms with Gasteiger partial charge in [0.15, 0.2) is 5.13 Å². The number of nitrogens with two attached hydrogens (primary N) is 1. The third-order valence-electron chi connectivity index (χ3n) is 2.27. The van der Waals surface area contributed by atoms with E-state index < -0.39 is 0 Å². The van der Waals surface area contributed by atoms with Crippen molar-refractivity contribution in [3.05, 3.63) is 15.6 Å². The minimum atomic E-state index is 0.436. The first kappa shape index (κ1) is 13.5. The average Bonchev–Trinajstić information content (AvgIpc) is 2.56. The monoisotopic (exact) mass is 259 g/mol. The molecule has 0 aliphatic carbocycles. The molecule has 90 valence electrons. The molecule has 0 radical (unpaired) electrons. The minimum Gasteiger partial charge on any atom is -0.354 e. The van der Waals surface area contributed by atoms with Crippen molar-refractivity contribution in [1.29, 1.82) is 0 Å². The second kappa shape index (κ2) is 5.66. The summed E-state index contributed by atoms with van der Waals surface area (Å²) in [7, 11) is 3.91. The zero-order chi connectivity index (χ0) is 12.3. The SMILES string of the molecule is CC(C)C(=Cc1sc(N(C)C)nc1Cl)CN. The van der Waals surface area contributed by atoms with E-state index in [0.717, 1.165) is 10.0 Å². The number of nitrogens with zero attached hydrogens (tertiary/aromatic N) is 2. The number of hydrogen-bond donors (Lipinski definition) is 1. The molecule has 1 rings (SSSR count). The number of aromatic nitrogens is 1. The molecule has 0 spiro atoms. The van der Waals surface area contributed by atoms with E-state index in [2.05, 4.69) is 24.9 Å². The van der Waals surface area contributed by atoms with Crippen LogP contribution in [0.5, 0.6) is 0 Å². The maximum atomic E-state index is 6.08. The zero-order valence-corrected chi connectivity index (χ0v) is 11.7. The maximum absolute atomic E-state index is 6.08. The first-order valence-electron chi connectivity index (χ1n) is 5.20. The second-order valence-corrected chi connectivity index (χ2v) is 5.49. The van der Waals surface area contributed by atoms with Crippen LogP contribution in [-0.2, 0) is 0 Å². The molecular weight excluding hydrogens is 242 g/mol. The molecule has 0 aliphatic rings. The van der Waals surface area contributed by atoms with Crippen LogP contribution in [0.15, 0.2) is 5.57 Å². The van der Waals surface area contributed by atoms with Crippen molar-refractivity contribution in [3.8, 4) is 0 Å². The summed E-state index contributed by atoms with van der Waals surface area (Å²) in [5, 5.41) is 1.47. The van der Waals surface area contributed by atoms with Gasteiger partial charge in [0.1, 0.15) is 5.15 Å². The lowest BCUT2D eigenvalue weighted by Gasteiger charge is -2.07. The average molecular weight is 260 g/mol. The van der Waals surface area contributed by atoms with E-state index in [-0.39, 0.29) is 0 Å². The molecular formula is C11H18ClN3S. The van der Waals surface area contributed by atoms with Crippen molar-refractivity contribution in [2.45, 2.75) is 13.8 Å². The summed E-state index contributed by atoms with van der Waals surface area (Å²) in [5.74, 6) is 0.436. The number of anilines is 1. The second-order valence-electron chi connectivity index (χ2n) is 4.12. The molecule has 3 nitrogen and oxygen atoms in total. The Labute approximate surface area is 106 Å². The molecule has 0 bridgehead atoms. The largest absolute Gasteiger partial charge is 0.354 e. The Balaban J connectivity index is 3.04. The number of halogens is 1. The molecule has 0 saturated heterocycles. The van der Waals surface area contributed by atoms with Gasteiger partial charge in [-0.05, 0) is 12.0 Å². The first-order chi connectivity index (χ1) is 7.45. The quantitative estimate of drug-likeness (QED) is 0.904. The Bertz CT molecular complexity index is 383. The van der Waals surface area contributed by atoms with E-state index in [4.69, 9.17) is 17.3 Å². The standard InChI is InChI=1S/C11H18ClN3S/c1-7(2)8(6-13)5-9-10(12)14-11(16-9)15(3)4/h5,7H,6,13H2,1-4H3. The lowest BCUT2D eigenvalue weighted by atomic mass is 10.0. The van der Waals surface area contributed by atoms with E-state index >= 15 is 0 Å². The van der Waals surface area contributed by atoms with Crippen LogP contribution in [0.4, 0.5) is 5.13 Å². The van der Waals surface area contributed by atoms with Crippen LogP contribution in [-0.4, -0.2) is 25.6 Å². The van der Waals surface area contributed by atoms with Crippen molar-refractivity contribution in [3.63, 3.8) is 0 Å². The summed E-state index contributed by atoms with van der Waals surface area (Å²) in [4.78, 5) is 7.22. The molecule has 16 heavy (non-hydrogen) atoms. The van der Waals surface area contributed by atoms with Crippen molar-refractivity contribution in [2.75, 3.05) is 25.5 Å². The van der Waals surface area contributed by atoms with Crippen molar-refractivity contribution in [1.82, 2.24) is 4.98 Å². The Hall–Kier alpha value is -0.580. The van der Waals surface area contributed by atoms with Gasteiger partial charge < -0.3 is 10.6 Å². The van der Waals surface area contributed by atoms with Crippen LogP contribution in [0.2, 0.25) is 5.15 Å². The third kappa shape index (κ3) is 3.20. The highest BCUT2D eigenvalue weighted by Gasteiger charge is 2.10. The molecule has 0 amide bonds. The molecule has 0 aromatic carbocycles. The molecule has 0 fully saturated rings. The smallest absolute Gasteiger partial charge is 0.186 e. The fourth-order valence-corrected chi connectivity index (χ4v) is 2.37. The highest BCUT2D eigenvalue weighted by Crippen LogP contribution is 2.31. The van der Waals surface area contributed by atoms with E-state index in [0.29, 0.717) is 17.6 Å². The third-order valence-corrected chi connectivity index (χ3v) is 3.85. The molecule has 2 N–H and O–H groups in total. The number of hydrogen-bond acceptors (Lipinski definition) is 4. The highest BCUT2D eigenvalue weighted by molar-refractivity contribution is 7.17. The van der Waals surface area contributed by atoms with Crippen molar-refractivity contribution >= 4 is 34.1 Å². The van der Waals surface area contributed by atoms with E-state index in [1.165, 1.54) is 5.57 Å². The Morgan fingerprint density at radius 3 is 2.56 bits per heavy atom. The van der Waals surface area contributed by atoms with Crippen molar-refractivity contribution in [2.24, 2.45) is 11.7 Å². The Kier molecular flexibility index (Phi) is 4.77. The summed E-state index contributed by atoms with van der Waals surface area (Å²) in [5.41, 5.74) is 6.89. The van der Waals surface area contributed by atoms with Crippen LogP contribution in [0, 0.1) is 5.92 Å². The van der Waals surface area contributed by atoms with E-state index in [9.17, 15) is 0 Å². The molecule has 0 saturated carbocycles. The summed E-state index contributed by atoms with van der Waals surface area (Å²) in [6.07, 6.45) is 2.05. The predicted octanol–water partition coefficient (Wildman–Crippen LogP) is 2.86. The molecule has 0 atom stereocenters. The first-order valence-corrected chi connectivity index (χ1v) is 6.39.